The van der Waals surface area contributed by atoms with Crippen LogP contribution in [0.1, 0.15) is 18.9 Å². The van der Waals surface area contributed by atoms with Crippen molar-refractivity contribution in [3.8, 4) is 11.1 Å². The van der Waals surface area contributed by atoms with Crippen molar-refractivity contribution in [2.45, 2.75) is 18.9 Å². The van der Waals surface area contributed by atoms with Crippen LogP contribution in [0.4, 0.5) is 0 Å². The second-order valence-electron chi connectivity index (χ2n) is 5.01. The van der Waals surface area contributed by atoms with E-state index < -0.39 is 5.60 Å². The highest BCUT2D eigenvalue weighted by molar-refractivity contribution is 6.36. The summed E-state index contributed by atoms with van der Waals surface area (Å²) in [6, 6.07) is 13.1. The summed E-state index contributed by atoms with van der Waals surface area (Å²) in [5, 5.41) is 11.5. The van der Waals surface area contributed by atoms with Crippen LogP contribution in [0.25, 0.3) is 11.1 Å². The molecule has 0 spiro atoms. The van der Waals surface area contributed by atoms with Gasteiger partial charge in [-0.15, -0.1) is 0 Å². The van der Waals surface area contributed by atoms with E-state index >= 15 is 0 Å². The molecule has 0 saturated carbocycles. The maximum absolute atomic E-state index is 10.3. The zero-order valence-corrected chi connectivity index (χ0v) is 12.7. The van der Waals surface area contributed by atoms with Gasteiger partial charge in [0.15, 0.2) is 0 Å². The average molecular weight is 310 g/mol. The van der Waals surface area contributed by atoms with Crippen LogP contribution in [-0.4, -0.2) is 11.7 Å². The first-order valence-electron chi connectivity index (χ1n) is 6.42. The molecule has 0 fully saturated rings. The van der Waals surface area contributed by atoms with Gasteiger partial charge in [0, 0.05) is 15.6 Å². The van der Waals surface area contributed by atoms with Gasteiger partial charge in [0.1, 0.15) is 0 Å². The molecule has 0 aromatic heterocycles. The van der Waals surface area contributed by atoms with E-state index in [1.807, 2.05) is 30.3 Å². The Balaban J connectivity index is 2.33. The van der Waals surface area contributed by atoms with E-state index in [1.165, 1.54) is 0 Å². The van der Waals surface area contributed by atoms with E-state index in [4.69, 9.17) is 28.9 Å². The molecule has 4 heteroatoms. The van der Waals surface area contributed by atoms with Crippen molar-refractivity contribution in [1.82, 2.24) is 0 Å². The summed E-state index contributed by atoms with van der Waals surface area (Å²) in [5.41, 5.74) is 7.36. The number of benzene rings is 2. The fraction of sp³-hybridized carbons (Fsp3) is 0.250. The second-order valence-corrected chi connectivity index (χ2v) is 5.86. The minimum atomic E-state index is -0.906. The number of nitrogens with two attached hydrogens (primary N) is 1. The first-order valence-corrected chi connectivity index (χ1v) is 7.18. The molecule has 2 aromatic carbocycles. The summed E-state index contributed by atoms with van der Waals surface area (Å²) in [4.78, 5) is 0. The molecule has 106 valence electrons. The fourth-order valence-corrected chi connectivity index (χ4v) is 2.68. The normalized spacial score (nSPS) is 14.1. The first-order chi connectivity index (χ1) is 9.44. The highest BCUT2D eigenvalue weighted by atomic mass is 35.5. The van der Waals surface area contributed by atoms with Crippen molar-refractivity contribution in [1.29, 1.82) is 0 Å². The van der Waals surface area contributed by atoms with Crippen LogP contribution in [0.2, 0.25) is 10.0 Å². The van der Waals surface area contributed by atoms with Gasteiger partial charge in [0.2, 0.25) is 0 Å². The first kappa shape index (κ1) is 15.3. The molecule has 2 rings (SSSR count). The molecule has 0 radical (unpaired) electrons. The van der Waals surface area contributed by atoms with Crippen molar-refractivity contribution in [3.63, 3.8) is 0 Å². The van der Waals surface area contributed by atoms with Gasteiger partial charge in [-0.05, 0) is 43.1 Å². The summed E-state index contributed by atoms with van der Waals surface area (Å²) in [7, 11) is 0. The predicted molar refractivity (Wildman–Crippen MR) is 85.1 cm³/mol. The Bertz CT molecular complexity index is 594. The van der Waals surface area contributed by atoms with Crippen molar-refractivity contribution in [3.05, 3.63) is 58.1 Å². The van der Waals surface area contributed by atoms with E-state index in [-0.39, 0.29) is 0 Å². The van der Waals surface area contributed by atoms with Gasteiger partial charge in [-0.2, -0.15) is 0 Å². The van der Waals surface area contributed by atoms with Crippen molar-refractivity contribution < 1.29 is 5.11 Å². The number of aliphatic hydroxyl groups is 1. The second kappa shape index (κ2) is 6.15. The molecule has 0 amide bonds. The van der Waals surface area contributed by atoms with Crippen LogP contribution in [0.5, 0.6) is 0 Å². The van der Waals surface area contributed by atoms with Gasteiger partial charge in [-0.25, -0.2) is 0 Å². The SMILES string of the molecule is CC(O)(CCN)c1ccc(-c2ccc(Cl)cc2Cl)cc1. The fourth-order valence-electron chi connectivity index (χ4n) is 2.16. The molecule has 0 bridgehead atoms. The maximum atomic E-state index is 10.3. The third-order valence-electron chi connectivity index (χ3n) is 3.38. The minimum Gasteiger partial charge on any atom is -0.385 e. The number of rotatable bonds is 4. The Labute approximate surface area is 129 Å². The van der Waals surface area contributed by atoms with Crippen LogP contribution < -0.4 is 5.73 Å². The summed E-state index contributed by atoms with van der Waals surface area (Å²) in [6.45, 7) is 2.21. The van der Waals surface area contributed by atoms with Crippen LogP contribution in [0, 0.1) is 0 Å². The predicted octanol–water partition coefficient (Wildman–Crippen LogP) is 4.22. The summed E-state index contributed by atoms with van der Waals surface area (Å²) in [6.07, 6.45) is 0.522. The molecule has 2 aromatic rings. The molecule has 1 unspecified atom stereocenters. The monoisotopic (exact) mass is 309 g/mol. The molecule has 0 saturated heterocycles. The summed E-state index contributed by atoms with van der Waals surface area (Å²) >= 11 is 12.1. The van der Waals surface area contributed by atoms with Gasteiger partial charge >= 0.3 is 0 Å². The molecular weight excluding hydrogens is 293 g/mol. The zero-order chi connectivity index (χ0) is 14.8. The van der Waals surface area contributed by atoms with E-state index in [0.29, 0.717) is 23.0 Å². The lowest BCUT2D eigenvalue weighted by atomic mass is 9.91. The van der Waals surface area contributed by atoms with Crippen LogP contribution >= 0.6 is 23.2 Å². The molecule has 2 nitrogen and oxygen atoms in total. The van der Waals surface area contributed by atoms with Crippen molar-refractivity contribution in [2.24, 2.45) is 5.73 Å². The Morgan fingerprint density at radius 1 is 1.10 bits per heavy atom. The summed E-state index contributed by atoms with van der Waals surface area (Å²) < 4.78 is 0. The Morgan fingerprint density at radius 3 is 2.30 bits per heavy atom. The average Bonchev–Trinajstić information content (AvgIpc) is 2.39. The van der Waals surface area contributed by atoms with E-state index in [0.717, 1.165) is 16.7 Å². The molecule has 1 atom stereocenters. The van der Waals surface area contributed by atoms with Gasteiger partial charge in [0.05, 0.1) is 5.60 Å². The molecule has 20 heavy (non-hydrogen) atoms. The van der Waals surface area contributed by atoms with Crippen molar-refractivity contribution >= 4 is 23.2 Å². The lowest BCUT2D eigenvalue weighted by Crippen LogP contribution is -2.24. The largest absolute Gasteiger partial charge is 0.385 e. The van der Waals surface area contributed by atoms with Gasteiger partial charge < -0.3 is 10.8 Å². The van der Waals surface area contributed by atoms with Gasteiger partial charge in [0.25, 0.3) is 0 Å². The van der Waals surface area contributed by atoms with E-state index in [9.17, 15) is 5.11 Å². The minimum absolute atomic E-state index is 0.442. The van der Waals surface area contributed by atoms with Crippen LogP contribution in [0.15, 0.2) is 42.5 Å². The standard InChI is InChI=1S/C16H17Cl2NO/c1-16(20,8-9-19)12-4-2-11(3-5-12)14-7-6-13(17)10-15(14)18/h2-7,10,20H,8-9,19H2,1H3. The zero-order valence-electron chi connectivity index (χ0n) is 11.2. The highest BCUT2D eigenvalue weighted by Gasteiger charge is 2.21. The molecule has 0 heterocycles. The van der Waals surface area contributed by atoms with E-state index in [2.05, 4.69) is 0 Å². The highest BCUT2D eigenvalue weighted by Crippen LogP contribution is 2.32. The van der Waals surface area contributed by atoms with Crippen molar-refractivity contribution in [2.75, 3.05) is 6.54 Å². The Morgan fingerprint density at radius 2 is 1.75 bits per heavy atom. The topological polar surface area (TPSA) is 46.2 Å². The number of halogens is 2. The van der Waals surface area contributed by atoms with Gasteiger partial charge in [-0.3, -0.25) is 0 Å². The quantitative estimate of drug-likeness (QED) is 0.888. The van der Waals surface area contributed by atoms with Gasteiger partial charge in [-0.1, -0.05) is 53.5 Å². The number of hydrogen-bond acceptors (Lipinski definition) is 2. The molecule has 3 N–H and O–H groups in total. The number of hydrogen-bond donors (Lipinski definition) is 2. The molecule has 0 aliphatic heterocycles. The smallest absolute Gasteiger partial charge is 0.0880 e. The van der Waals surface area contributed by atoms with E-state index in [1.54, 1.807) is 19.1 Å². The third-order valence-corrected chi connectivity index (χ3v) is 3.93. The van der Waals surface area contributed by atoms with Crippen LogP contribution in [-0.2, 0) is 5.60 Å². The molecule has 0 aliphatic rings. The third kappa shape index (κ3) is 3.33. The lowest BCUT2D eigenvalue weighted by molar-refractivity contribution is 0.0504. The molecular formula is C16H17Cl2NO. The summed E-state index contributed by atoms with van der Waals surface area (Å²) in [5.74, 6) is 0. The Kier molecular flexibility index (Phi) is 4.71. The van der Waals surface area contributed by atoms with Crippen LogP contribution in [0.3, 0.4) is 0 Å². The lowest BCUT2D eigenvalue weighted by Gasteiger charge is -2.23. The Hall–Kier alpha value is -1.06. The molecule has 0 aliphatic carbocycles. The maximum Gasteiger partial charge on any atom is 0.0880 e.